The lowest BCUT2D eigenvalue weighted by molar-refractivity contribution is -0.0239. The van der Waals surface area contributed by atoms with Crippen molar-refractivity contribution in [1.29, 1.82) is 0 Å². The van der Waals surface area contributed by atoms with E-state index in [0.29, 0.717) is 19.8 Å². The third kappa shape index (κ3) is 5.54. The summed E-state index contributed by atoms with van der Waals surface area (Å²) in [6.07, 6.45) is 1.94. The summed E-state index contributed by atoms with van der Waals surface area (Å²) in [6.45, 7) is 3.14. The Balaban J connectivity index is 1.56. The van der Waals surface area contributed by atoms with Gasteiger partial charge in [-0.15, -0.1) is 11.3 Å². The first-order chi connectivity index (χ1) is 9.24. The van der Waals surface area contributed by atoms with Crippen LogP contribution in [0.4, 0.5) is 0 Å². The number of likely N-dealkylation sites (N-methyl/N-ethyl adjacent to an activating group) is 1. The van der Waals surface area contributed by atoms with Gasteiger partial charge in [0.15, 0.2) is 0 Å². The maximum atomic E-state index is 9.90. The Bertz CT molecular complexity index is 342. The largest absolute Gasteiger partial charge is 0.389 e. The Labute approximate surface area is 118 Å². The molecule has 1 aromatic heterocycles. The highest BCUT2D eigenvalue weighted by Gasteiger charge is 2.16. The summed E-state index contributed by atoms with van der Waals surface area (Å²) in [4.78, 5) is 6.28. The van der Waals surface area contributed by atoms with E-state index in [2.05, 4.69) is 9.88 Å². The molecule has 1 aromatic rings. The van der Waals surface area contributed by atoms with E-state index in [4.69, 9.17) is 9.47 Å². The van der Waals surface area contributed by atoms with Gasteiger partial charge in [-0.25, -0.2) is 4.98 Å². The van der Waals surface area contributed by atoms with Crippen LogP contribution in [-0.4, -0.2) is 60.6 Å². The summed E-state index contributed by atoms with van der Waals surface area (Å²) in [6, 6.07) is 0. The lowest BCUT2D eigenvalue weighted by Gasteiger charge is -2.20. The summed E-state index contributed by atoms with van der Waals surface area (Å²) < 4.78 is 11.0. The molecule has 0 aromatic carbocycles. The normalized spacial score (nSPS) is 21.1. The topological polar surface area (TPSA) is 54.8 Å². The number of aliphatic hydroxyl groups is 1. The predicted octanol–water partition coefficient (Wildman–Crippen LogP) is 1.13. The predicted molar refractivity (Wildman–Crippen MR) is 74.2 cm³/mol. The number of nitrogens with zero attached hydrogens (tertiary/aromatic N) is 2. The number of ether oxygens (including phenoxy) is 2. The molecule has 0 amide bonds. The quantitative estimate of drug-likeness (QED) is 0.776. The lowest BCUT2D eigenvalue weighted by Crippen LogP contribution is -2.32. The molecule has 1 aliphatic rings. The van der Waals surface area contributed by atoms with Crippen LogP contribution in [0, 0.1) is 0 Å². The number of hydrogen-bond donors (Lipinski definition) is 1. The number of aromatic nitrogens is 1. The van der Waals surface area contributed by atoms with Crippen molar-refractivity contribution < 1.29 is 14.6 Å². The Morgan fingerprint density at radius 3 is 3.26 bits per heavy atom. The fraction of sp³-hybridized carbons (Fsp3) is 0.769. The van der Waals surface area contributed by atoms with Crippen LogP contribution >= 0.6 is 11.3 Å². The molecule has 2 heterocycles. The average molecular weight is 286 g/mol. The molecule has 0 spiro atoms. The van der Waals surface area contributed by atoms with Gasteiger partial charge in [-0.1, -0.05) is 0 Å². The second-order valence-electron chi connectivity index (χ2n) is 5.00. The van der Waals surface area contributed by atoms with Crippen LogP contribution in [0.5, 0.6) is 0 Å². The third-order valence-electron chi connectivity index (χ3n) is 3.08. The van der Waals surface area contributed by atoms with Crippen LogP contribution in [0.15, 0.2) is 10.9 Å². The van der Waals surface area contributed by atoms with Gasteiger partial charge in [-0.2, -0.15) is 0 Å². The zero-order valence-electron chi connectivity index (χ0n) is 11.3. The minimum Gasteiger partial charge on any atom is -0.389 e. The highest BCUT2D eigenvalue weighted by atomic mass is 32.1. The van der Waals surface area contributed by atoms with Gasteiger partial charge in [-0.05, 0) is 19.9 Å². The molecule has 1 aliphatic heterocycles. The van der Waals surface area contributed by atoms with Crippen LogP contribution in [-0.2, 0) is 16.0 Å². The van der Waals surface area contributed by atoms with Gasteiger partial charge in [-0.3, -0.25) is 4.90 Å². The van der Waals surface area contributed by atoms with Gasteiger partial charge in [0.25, 0.3) is 0 Å². The number of aliphatic hydroxyl groups excluding tert-OH is 1. The molecule has 0 bridgehead atoms. The van der Waals surface area contributed by atoms with Gasteiger partial charge < -0.3 is 14.6 Å². The smallest absolute Gasteiger partial charge is 0.0900 e. The van der Waals surface area contributed by atoms with Gasteiger partial charge in [0.1, 0.15) is 0 Å². The fourth-order valence-corrected chi connectivity index (χ4v) is 2.73. The maximum Gasteiger partial charge on any atom is 0.0900 e. The first kappa shape index (κ1) is 14.9. The van der Waals surface area contributed by atoms with Crippen LogP contribution in [0.1, 0.15) is 18.5 Å². The van der Waals surface area contributed by atoms with E-state index in [1.165, 1.54) is 0 Å². The molecule has 0 aliphatic carbocycles. The molecule has 1 fully saturated rings. The Kier molecular flexibility index (Phi) is 6.19. The Hall–Kier alpha value is -0.530. The zero-order chi connectivity index (χ0) is 13.5. The summed E-state index contributed by atoms with van der Waals surface area (Å²) in [5, 5.41) is 11.9. The molecule has 0 saturated carbocycles. The van der Waals surface area contributed by atoms with Crippen molar-refractivity contribution >= 4 is 11.3 Å². The first-order valence-corrected chi connectivity index (χ1v) is 7.61. The van der Waals surface area contributed by atoms with Crippen molar-refractivity contribution in [3.05, 3.63) is 16.6 Å². The molecule has 1 saturated heterocycles. The second kappa shape index (κ2) is 7.91. The van der Waals surface area contributed by atoms with E-state index in [0.717, 1.165) is 31.7 Å². The van der Waals surface area contributed by atoms with Gasteiger partial charge >= 0.3 is 0 Å². The van der Waals surface area contributed by atoms with E-state index in [1.807, 2.05) is 17.9 Å². The van der Waals surface area contributed by atoms with Crippen molar-refractivity contribution in [3.8, 4) is 0 Å². The molecule has 1 N–H and O–H groups in total. The molecule has 2 atom stereocenters. The molecular formula is C13H22N2O3S. The van der Waals surface area contributed by atoms with Crippen molar-refractivity contribution in [1.82, 2.24) is 9.88 Å². The van der Waals surface area contributed by atoms with Crippen LogP contribution in [0.3, 0.4) is 0 Å². The maximum absolute atomic E-state index is 9.90. The molecule has 5 nitrogen and oxygen atoms in total. The molecule has 2 rings (SSSR count). The van der Waals surface area contributed by atoms with Crippen LogP contribution in [0.25, 0.3) is 0 Å². The minimum atomic E-state index is -0.468. The van der Waals surface area contributed by atoms with Crippen LogP contribution < -0.4 is 0 Å². The monoisotopic (exact) mass is 286 g/mol. The van der Waals surface area contributed by atoms with Gasteiger partial charge in [0.2, 0.25) is 0 Å². The van der Waals surface area contributed by atoms with Crippen molar-refractivity contribution in [2.45, 2.75) is 31.6 Å². The molecule has 0 radical (unpaired) electrons. The minimum absolute atomic E-state index is 0.222. The Morgan fingerprint density at radius 1 is 1.68 bits per heavy atom. The first-order valence-electron chi connectivity index (χ1n) is 6.67. The van der Waals surface area contributed by atoms with Crippen molar-refractivity contribution in [2.24, 2.45) is 0 Å². The van der Waals surface area contributed by atoms with Gasteiger partial charge in [0.05, 0.1) is 36.6 Å². The van der Waals surface area contributed by atoms with E-state index < -0.39 is 6.10 Å². The summed E-state index contributed by atoms with van der Waals surface area (Å²) in [5.74, 6) is 0. The highest BCUT2D eigenvalue weighted by molar-refractivity contribution is 7.07. The summed E-state index contributed by atoms with van der Waals surface area (Å²) >= 11 is 1.59. The molecule has 6 heteroatoms. The molecule has 19 heavy (non-hydrogen) atoms. The zero-order valence-corrected chi connectivity index (χ0v) is 12.1. The van der Waals surface area contributed by atoms with Crippen molar-refractivity contribution in [2.75, 3.05) is 33.4 Å². The summed E-state index contributed by atoms with van der Waals surface area (Å²) in [5.41, 5.74) is 2.87. The second-order valence-corrected chi connectivity index (χ2v) is 5.72. The standard InChI is InChI=1S/C13H22N2O3S/c1-15(5-11-9-19-10-14-11)6-12(16)7-17-8-13-3-2-4-18-13/h9-10,12-13,16H,2-8H2,1H3/t12-,13-/m1/s1. The highest BCUT2D eigenvalue weighted by Crippen LogP contribution is 2.12. The van der Waals surface area contributed by atoms with E-state index in [-0.39, 0.29) is 6.10 Å². The third-order valence-corrected chi connectivity index (χ3v) is 3.71. The number of hydrogen-bond acceptors (Lipinski definition) is 6. The van der Waals surface area contributed by atoms with Gasteiger partial charge in [0, 0.05) is 25.1 Å². The lowest BCUT2D eigenvalue weighted by atomic mass is 10.2. The van der Waals surface area contributed by atoms with Crippen molar-refractivity contribution in [3.63, 3.8) is 0 Å². The Morgan fingerprint density at radius 2 is 2.58 bits per heavy atom. The van der Waals surface area contributed by atoms with Crippen LogP contribution in [0.2, 0.25) is 0 Å². The summed E-state index contributed by atoms with van der Waals surface area (Å²) in [7, 11) is 1.97. The molecule has 0 unspecified atom stereocenters. The fourth-order valence-electron chi connectivity index (χ4n) is 2.18. The molecule has 108 valence electrons. The SMILES string of the molecule is CN(Cc1cscn1)C[C@@H](O)COC[C@H]1CCCO1. The average Bonchev–Trinajstić information content (AvgIpc) is 3.01. The van der Waals surface area contributed by atoms with E-state index in [9.17, 15) is 5.11 Å². The van der Waals surface area contributed by atoms with E-state index >= 15 is 0 Å². The number of thiazole rings is 1. The number of rotatable bonds is 8. The molecular weight excluding hydrogens is 264 g/mol. The van der Waals surface area contributed by atoms with E-state index in [1.54, 1.807) is 11.3 Å².